The van der Waals surface area contributed by atoms with Crippen LogP contribution in [0.25, 0.3) is 21.7 Å². The van der Waals surface area contributed by atoms with E-state index in [1.54, 1.807) is 0 Å². The molecule has 0 saturated carbocycles. The highest BCUT2D eigenvalue weighted by Crippen LogP contribution is 2.24. The van der Waals surface area contributed by atoms with Crippen molar-refractivity contribution >= 4 is 21.7 Å². The third-order valence-corrected chi connectivity index (χ3v) is 4.86. The van der Waals surface area contributed by atoms with Crippen LogP contribution in [0.2, 0.25) is 0 Å². The predicted molar refractivity (Wildman–Crippen MR) is 105 cm³/mol. The Morgan fingerprint density at radius 2 is 1.56 bits per heavy atom. The van der Waals surface area contributed by atoms with Gasteiger partial charge >= 0.3 is 0 Å². The lowest BCUT2D eigenvalue weighted by Gasteiger charge is -2.10. The van der Waals surface area contributed by atoms with Crippen molar-refractivity contribution in [1.82, 2.24) is 4.57 Å². The second kappa shape index (κ2) is 6.38. The lowest BCUT2D eigenvalue weighted by Crippen LogP contribution is -2.04. The van der Waals surface area contributed by atoms with E-state index in [0.717, 1.165) is 6.54 Å². The minimum absolute atomic E-state index is 0.307. The Hall–Kier alpha value is -2.58. The molecule has 0 aliphatic rings. The molecule has 1 unspecified atom stereocenters. The van der Waals surface area contributed by atoms with Crippen molar-refractivity contribution in [3.05, 3.63) is 83.6 Å². The molecule has 3 aromatic carbocycles. The van der Waals surface area contributed by atoms with Gasteiger partial charge in [-0.15, -0.1) is 0 Å². The van der Waals surface area contributed by atoms with Crippen LogP contribution in [-0.4, -0.2) is 15.8 Å². The number of hydrogen-bond acceptors (Lipinski definition) is 1. The van der Waals surface area contributed by atoms with E-state index in [4.69, 9.17) is 0 Å². The maximum atomic E-state index is 9.61. The Morgan fingerprint density at radius 3 is 2.36 bits per heavy atom. The van der Waals surface area contributed by atoms with E-state index in [0.29, 0.717) is 6.42 Å². The molecule has 2 heteroatoms. The molecule has 4 aromatic rings. The van der Waals surface area contributed by atoms with Gasteiger partial charge in [-0.1, -0.05) is 42.5 Å². The molecule has 1 heterocycles. The molecule has 0 fully saturated rings. The lowest BCUT2D eigenvalue weighted by molar-refractivity contribution is 0.195. The zero-order valence-electron chi connectivity index (χ0n) is 14.7. The van der Waals surface area contributed by atoms with Crippen molar-refractivity contribution in [2.75, 3.05) is 0 Å². The van der Waals surface area contributed by atoms with Crippen LogP contribution in [0.1, 0.15) is 23.7 Å². The van der Waals surface area contributed by atoms with E-state index in [1.165, 1.54) is 38.5 Å². The van der Waals surface area contributed by atoms with Gasteiger partial charge in [-0.05, 0) is 66.4 Å². The number of fused-ring (bicyclic) bond motifs is 2. The molecule has 0 bridgehead atoms. The fraction of sp³-hybridized carbons (Fsp3) is 0.217. The van der Waals surface area contributed by atoms with Crippen LogP contribution in [0.5, 0.6) is 0 Å². The van der Waals surface area contributed by atoms with Crippen molar-refractivity contribution in [2.45, 2.75) is 32.9 Å². The maximum absolute atomic E-state index is 9.61. The quantitative estimate of drug-likeness (QED) is 0.555. The van der Waals surface area contributed by atoms with Gasteiger partial charge in [-0.25, -0.2) is 0 Å². The molecule has 2 nitrogen and oxygen atoms in total. The highest BCUT2D eigenvalue weighted by Gasteiger charge is 2.08. The molecule has 0 aliphatic carbocycles. The summed E-state index contributed by atoms with van der Waals surface area (Å²) in [6.45, 7) is 4.87. The molecule has 0 amide bonds. The molecule has 126 valence electrons. The van der Waals surface area contributed by atoms with E-state index < -0.39 is 0 Å². The van der Waals surface area contributed by atoms with Gasteiger partial charge in [0.2, 0.25) is 0 Å². The first-order valence-corrected chi connectivity index (χ1v) is 8.85. The Bertz CT molecular complexity index is 1040. The SMILES string of the molecule is Cc1cc2cc(CC(C)O)ccc2n1Cc1ccc2ccccc2c1. The summed E-state index contributed by atoms with van der Waals surface area (Å²) in [7, 11) is 0. The third-order valence-electron chi connectivity index (χ3n) is 4.86. The van der Waals surface area contributed by atoms with Gasteiger partial charge in [-0.2, -0.15) is 0 Å². The van der Waals surface area contributed by atoms with Crippen LogP contribution in [0.15, 0.2) is 66.7 Å². The summed E-state index contributed by atoms with van der Waals surface area (Å²) in [5.74, 6) is 0. The summed E-state index contributed by atoms with van der Waals surface area (Å²) >= 11 is 0. The average molecular weight is 329 g/mol. The molecule has 0 spiro atoms. The monoisotopic (exact) mass is 329 g/mol. The van der Waals surface area contributed by atoms with Gasteiger partial charge in [0.05, 0.1) is 6.10 Å². The molecule has 25 heavy (non-hydrogen) atoms. The molecular formula is C23H23NO. The van der Waals surface area contributed by atoms with E-state index in [9.17, 15) is 5.11 Å². The first-order valence-electron chi connectivity index (χ1n) is 8.85. The number of aliphatic hydroxyl groups is 1. The summed E-state index contributed by atoms with van der Waals surface area (Å²) in [4.78, 5) is 0. The molecule has 0 aliphatic heterocycles. The molecule has 1 N–H and O–H groups in total. The summed E-state index contributed by atoms with van der Waals surface area (Å²) in [6.07, 6.45) is 0.392. The van der Waals surface area contributed by atoms with E-state index in [-0.39, 0.29) is 6.10 Å². The van der Waals surface area contributed by atoms with Gasteiger partial charge < -0.3 is 9.67 Å². The number of benzene rings is 3. The lowest BCUT2D eigenvalue weighted by atomic mass is 10.1. The van der Waals surface area contributed by atoms with Crippen LogP contribution < -0.4 is 0 Å². The van der Waals surface area contributed by atoms with Gasteiger partial charge in [0.1, 0.15) is 0 Å². The van der Waals surface area contributed by atoms with Gasteiger partial charge in [0, 0.05) is 23.1 Å². The maximum Gasteiger partial charge on any atom is 0.0552 e. The summed E-state index contributed by atoms with van der Waals surface area (Å²) in [5.41, 5.74) is 5.01. The minimum Gasteiger partial charge on any atom is -0.393 e. The van der Waals surface area contributed by atoms with Crippen LogP contribution in [0.3, 0.4) is 0 Å². The number of aliphatic hydroxyl groups excluding tert-OH is 1. The molecule has 0 saturated heterocycles. The van der Waals surface area contributed by atoms with Crippen molar-refractivity contribution in [1.29, 1.82) is 0 Å². The number of rotatable bonds is 4. The Balaban J connectivity index is 1.71. The van der Waals surface area contributed by atoms with Crippen molar-refractivity contribution < 1.29 is 5.11 Å². The number of aryl methyl sites for hydroxylation is 1. The van der Waals surface area contributed by atoms with E-state index >= 15 is 0 Å². The number of hydrogen-bond donors (Lipinski definition) is 1. The molecule has 1 aromatic heterocycles. The minimum atomic E-state index is -0.307. The predicted octanol–water partition coefficient (Wildman–Crippen LogP) is 5.07. The third kappa shape index (κ3) is 3.18. The molecule has 1 atom stereocenters. The molecule has 4 rings (SSSR count). The standard InChI is InChI=1S/C23H23NO/c1-16-11-22-13-18(12-17(2)25)8-10-23(22)24(16)15-19-7-9-20-5-3-4-6-21(20)14-19/h3-11,13-14,17,25H,12,15H2,1-2H3. The van der Waals surface area contributed by atoms with Crippen LogP contribution in [-0.2, 0) is 13.0 Å². The molecule has 0 radical (unpaired) electrons. The first kappa shape index (κ1) is 15.9. The average Bonchev–Trinajstić information content (AvgIpc) is 2.89. The highest BCUT2D eigenvalue weighted by atomic mass is 16.3. The summed E-state index contributed by atoms with van der Waals surface area (Å²) in [5, 5.41) is 13.4. The fourth-order valence-electron chi connectivity index (χ4n) is 3.66. The van der Waals surface area contributed by atoms with Crippen LogP contribution >= 0.6 is 0 Å². The van der Waals surface area contributed by atoms with Crippen LogP contribution in [0, 0.1) is 6.92 Å². The normalized spacial score (nSPS) is 12.8. The zero-order chi connectivity index (χ0) is 17.4. The summed E-state index contributed by atoms with van der Waals surface area (Å²) < 4.78 is 2.37. The second-order valence-corrected chi connectivity index (χ2v) is 7.00. The Labute approximate surface area is 148 Å². The highest BCUT2D eigenvalue weighted by molar-refractivity contribution is 5.84. The largest absolute Gasteiger partial charge is 0.393 e. The summed E-state index contributed by atoms with van der Waals surface area (Å²) in [6, 6.07) is 23.9. The second-order valence-electron chi connectivity index (χ2n) is 7.00. The van der Waals surface area contributed by atoms with Gasteiger partial charge in [0.15, 0.2) is 0 Å². The van der Waals surface area contributed by atoms with E-state index in [2.05, 4.69) is 78.2 Å². The Kier molecular flexibility index (Phi) is 4.06. The van der Waals surface area contributed by atoms with Crippen molar-refractivity contribution in [3.8, 4) is 0 Å². The number of aromatic nitrogens is 1. The van der Waals surface area contributed by atoms with Gasteiger partial charge in [0.25, 0.3) is 0 Å². The topological polar surface area (TPSA) is 25.2 Å². The van der Waals surface area contributed by atoms with Crippen LogP contribution in [0.4, 0.5) is 0 Å². The van der Waals surface area contributed by atoms with Crippen molar-refractivity contribution in [2.24, 2.45) is 0 Å². The zero-order valence-corrected chi connectivity index (χ0v) is 14.7. The molecular weight excluding hydrogens is 306 g/mol. The first-order chi connectivity index (χ1) is 12.1. The van der Waals surface area contributed by atoms with Gasteiger partial charge in [-0.3, -0.25) is 0 Å². The Morgan fingerprint density at radius 1 is 0.840 bits per heavy atom. The smallest absolute Gasteiger partial charge is 0.0552 e. The fourth-order valence-corrected chi connectivity index (χ4v) is 3.66. The van der Waals surface area contributed by atoms with Crippen molar-refractivity contribution in [3.63, 3.8) is 0 Å². The number of nitrogens with zero attached hydrogens (tertiary/aromatic N) is 1. The van der Waals surface area contributed by atoms with E-state index in [1.807, 2.05) is 6.92 Å².